The maximum absolute atomic E-state index is 14.0. The van der Waals surface area contributed by atoms with E-state index in [0.717, 1.165) is 24.3 Å². The highest BCUT2D eigenvalue weighted by Crippen LogP contribution is 2.54. The van der Waals surface area contributed by atoms with Gasteiger partial charge in [-0.25, -0.2) is 4.98 Å². The van der Waals surface area contributed by atoms with Crippen LogP contribution in [0.15, 0.2) is 0 Å². The molecule has 232 valence electrons. The SMILES string of the molecule is CNC(=O)[C@@H](NC(=O)[C@H]1CN(C(=O)c2sc(C)nc2C)CC12CN(C(=O)[C@H]1CC1(C)C)C2)[C@@H](C)OCC1CCCCC1. The summed E-state index contributed by atoms with van der Waals surface area (Å²) in [6.45, 7) is 11.8. The van der Waals surface area contributed by atoms with Crippen LogP contribution in [0.4, 0.5) is 0 Å². The van der Waals surface area contributed by atoms with Crippen molar-refractivity contribution in [3.63, 3.8) is 0 Å². The maximum Gasteiger partial charge on any atom is 0.265 e. The number of thiazole rings is 1. The number of rotatable bonds is 9. The summed E-state index contributed by atoms with van der Waals surface area (Å²) in [4.78, 5) is 62.3. The van der Waals surface area contributed by atoms with Gasteiger partial charge in [-0.05, 0) is 51.4 Å². The minimum atomic E-state index is -0.857. The molecule has 1 aromatic rings. The second-order valence-electron chi connectivity index (χ2n) is 13.8. The minimum absolute atomic E-state index is 0.0175. The molecule has 0 aromatic carbocycles. The molecule has 4 fully saturated rings. The van der Waals surface area contributed by atoms with E-state index in [1.807, 2.05) is 25.7 Å². The van der Waals surface area contributed by atoms with Gasteiger partial charge in [0.15, 0.2) is 0 Å². The average Bonchev–Trinajstić information content (AvgIpc) is 3.24. The van der Waals surface area contributed by atoms with Crippen LogP contribution in [-0.2, 0) is 19.1 Å². The molecular weight excluding hydrogens is 554 g/mol. The number of likely N-dealkylation sites (N-methyl/N-ethyl adjacent to an activating group) is 1. The van der Waals surface area contributed by atoms with Crippen molar-refractivity contribution in [3.8, 4) is 0 Å². The van der Waals surface area contributed by atoms with Crippen LogP contribution in [0.3, 0.4) is 0 Å². The van der Waals surface area contributed by atoms with E-state index in [2.05, 4.69) is 29.5 Å². The van der Waals surface area contributed by atoms with E-state index in [1.54, 1.807) is 11.9 Å². The van der Waals surface area contributed by atoms with Gasteiger partial charge in [-0.15, -0.1) is 11.3 Å². The number of nitrogens with zero attached hydrogens (tertiary/aromatic N) is 3. The summed E-state index contributed by atoms with van der Waals surface area (Å²) in [5.41, 5.74) is 0.153. The van der Waals surface area contributed by atoms with Gasteiger partial charge in [0.2, 0.25) is 17.7 Å². The standard InChI is InChI=1S/C31H47N5O5S/c1-18-25(42-20(3)33-18)29(40)35-13-23(31(15-35)16-36(17-31)28(39)22-12-30(22,4)5)26(37)34-24(27(38)32-6)19(2)41-14-21-10-8-7-9-11-21/h19,21-24H,7-17H2,1-6H3,(H,32,38)(H,34,37)/t19-,22-,23-,24+/m1/s1. The maximum atomic E-state index is 14.0. The Morgan fingerprint density at radius 2 is 1.69 bits per heavy atom. The van der Waals surface area contributed by atoms with Crippen LogP contribution in [0, 0.1) is 42.4 Å². The number of nitrogens with one attached hydrogen (secondary N) is 2. The molecule has 2 aliphatic carbocycles. The molecule has 2 aliphatic heterocycles. The van der Waals surface area contributed by atoms with Crippen molar-refractivity contribution in [2.75, 3.05) is 39.8 Å². The second kappa shape index (κ2) is 11.9. The lowest BCUT2D eigenvalue weighted by Gasteiger charge is -2.50. The molecule has 11 heteroatoms. The second-order valence-corrected chi connectivity index (χ2v) is 15.0. The van der Waals surface area contributed by atoms with Gasteiger partial charge in [0.05, 0.1) is 22.7 Å². The number of aromatic nitrogens is 1. The van der Waals surface area contributed by atoms with Crippen molar-refractivity contribution < 1.29 is 23.9 Å². The third-order valence-electron chi connectivity index (χ3n) is 10.1. The molecule has 1 spiro atoms. The van der Waals surface area contributed by atoms with E-state index < -0.39 is 23.5 Å². The Kier molecular flexibility index (Phi) is 8.73. The summed E-state index contributed by atoms with van der Waals surface area (Å²) in [5.74, 6) is -0.633. The van der Waals surface area contributed by atoms with Gasteiger partial charge in [0.1, 0.15) is 10.9 Å². The molecule has 2 N–H and O–H groups in total. The zero-order valence-corrected chi connectivity index (χ0v) is 26.8. The molecule has 4 amide bonds. The predicted octanol–water partition coefficient (Wildman–Crippen LogP) is 2.92. The summed E-state index contributed by atoms with van der Waals surface area (Å²) < 4.78 is 6.16. The summed E-state index contributed by atoms with van der Waals surface area (Å²) in [6.07, 6.45) is 6.29. The topological polar surface area (TPSA) is 121 Å². The van der Waals surface area contributed by atoms with Crippen LogP contribution in [0.2, 0.25) is 0 Å². The Hall–Kier alpha value is -2.53. The van der Waals surface area contributed by atoms with Crippen molar-refractivity contribution in [1.29, 1.82) is 0 Å². The zero-order chi connectivity index (χ0) is 30.4. The van der Waals surface area contributed by atoms with Gasteiger partial charge in [-0.3, -0.25) is 19.2 Å². The molecular formula is C31H47N5O5S. The number of aryl methyl sites for hydroxylation is 2. The number of carbonyl (C=O) groups excluding carboxylic acids is 4. The highest BCUT2D eigenvalue weighted by molar-refractivity contribution is 7.13. The van der Waals surface area contributed by atoms with Gasteiger partial charge in [-0.2, -0.15) is 0 Å². The van der Waals surface area contributed by atoms with Crippen molar-refractivity contribution in [3.05, 3.63) is 15.6 Å². The van der Waals surface area contributed by atoms with Crippen LogP contribution in [0.1, 0.15) is 79.7 Å². The van der Waals surface area contributed by atoms with E-state index in [0.29, 0.717) is 42.7 Å². The highest BCUT2D eigenvalue weighted by atomic mass is 32.1. The predicted molar refractivity (Wildman–Crippen MR) is 160 cm³/mol. The van der Waals surface area contributed by atoms with E-state index in [9.17, 15) is 19.2 Å². The lowest BCUT2D eigenvalue weighted by atomic mass is 9.70. The molecule has 0 radical (unpaired) electrons. The van der Waals surface area contributed by atoms with Crippen LogP contribution in [0.25, 0.3) is 0 Å². The smallest absolute Gasteiger partial charge is 0.265 e. The first-order chi connectivity index (χ1) is 19.8. The molecule has 4 atom stereocenters. The largest absolute Gasteiger partial charge is 0.376 e. The Morgan fingerprint density at radius 3 is 2.26 bits per heavy atom. The third-order valence-corrected chi connectivity index (χ3v) is 11.2. The van der Waals surface area contributed by atoms with Crippen LogP contribution in [-0.4, -0.2) is 90.4 Å². The van der Waals surface area contributed by atoms with Crippen molar-refractivity contribution in [2.45, 2.75) is 85.3 Å². The number of hydrogen-bond acceptors (Lipinski definition) is 7. The summed E-state index contributed by atoms with van der Waals surface area (Å²) in [6, 6.07) is -0.857. The molecule has 2 saturated carbocycles. The van der Waals surface area contributed by atoms with E-state index >= 15 is 0 Å². The molecule has 4 aliphatic rings. The van der Waals surface area contributed by atoms with Crippen LogP contribution in [0.5, 0.6) is 0 Å². The minimum Gasteiger partial charge on any atom is -0.376 e. The fourth-order valence-corrected chi connectivity index (χ4v) is 8.09. The molecule has 10 nitrogen and oxygen atoms in total. The summed E-state index contributed by atoms with van der Waals surface area (Å²) >= 11 is 1.36. The van der Waals surface area contributed by atoms with Crippen LogP contribution >= 0.6 is 11.3 Å². The Balaban J connectivity index is 1.31. The number of hydrogen-bond donors (Lipinski definition) is 2. The number of ether oxygens (including phenoxy) is 1. The van der Waals surface area contributed by atoms with Gasteiger partial charge in [0, 0.05) is 51.2 Å². The highest BCUT2D eigenvalue weighted by Gasteiger charge is 2.62. The molecule has 1 aromatic heterocycles. The number of likely N-dealkylation sites (tertiary alicyclic amines) is 2. The molecule has 0 unspecified atom stereocenters. The summed E-state index contributed by atoms with van der Waals surface area (Å²) in [5, 5.41) is 6.50. The monoisotopic (exact) mass is 601 g/mol. The van der Waals surface area contributed by atoms with Gasteiger partial charge >= 0.3 is 0 Å². The van der Waals surface area contributed by atoms with Crippen LogP contribution < -0.4 is 10.6 Å². The molecule has 2 saturated heterocycles. The molecule has 5 rings (SSSR count). The normalized spacial score (nSPS) is 26.0. The quantitative estimate of drug-likeness (QED) is 0.449. The first-order valence-electron chi connectivity index (χ1n) is 15.5. The lowest BCUT2D eigenvalue weighted by molar-refractivity contribution is -0.152. The van der Waals surface area contributed by atoms with Gasteiger partial charge < -0.3 is 25.2 Å². The van der Waals surface area contributed by atoms with Gasteiger partial charge in [0.25, 0.3) is 5.91 Å². The average molecular weight is 602 g/mol. The van der Waals surface area contributed by atoms with Crippen molar-refractivity contribution >= 4 is 35.0 Å². The number of amides is 4. The third kappa shape index (κ3) is 6.09. The Labute approximate surface area is 253 Å². The Morgan fingerprint density at radius 1 is 1.05 bits per heavy atom. The fourth-order valence-electron chi connectivity index (χ4n) is 7.20. The Bertz CT molecular complexity index is 1220. The number of carbonyl (C=O) groups is 4. The fraction of sp³-hybridized carbons (Fsp3) is 0.774. The van der Waals surface area contributed by atoms with Gasteiger partial charge in [-0.1, -0.05) is 33.1 Å². The van der Waals surface area contributed by atoms with E-state index in [4.69, 9.17) is 4.74 Å². The lowest BCUT2D eigenvalue weighted by Crippen LogP contribution is -2.65. The first kappa shape index (κ1) is 30.9. The van der Waals surface area contributed by atoms with E-state index in [-0.39, 0.29) is 41.5 Å². The summed E-state index contributed by atoms with van der Waals surface area (Å²) in [7, 11) is 1.56. The molecule has 0 bridgehead atoms. The zero-order valence-electron chi connectivity index (χ0n) is 26.0. The first-order valence-corrected chi connectivity index (χ1v) is 16.3. The van der Waals surface area contributed by atoms with Crippen molar-refractivity contribution in [1.82, 2.24) is 25.4 Å². The molecule has 3 heterocycles. The molecule has 42 heavy (non-hydrogen) atoms. The van der Waals surface area contributed by atoms with E-state index in [1.165, 1.54) is 30.6 Å². The van der Waals surface area contributed by atoms with Crippen molar-refractivity contribution in [2.24, 2.45) is 28.6 Å².